The van der Waals surface area contributed by atoms with Crippen LogP contribution in [0.2, 0.25) is 5.02 Å². The minimum Gasteiger partial charge on any atom is -0.377 e. The number of thiazole rings is 1. The van der Waals surface area contributed by atoms with Gasteiger partial charge in [0.05, 0.1) is 16.2 Å². The Bertz CT molecular complexity index is 1120. The van der Waals surface area contributed by atoms with E-state index in [0.29, 0.717) is 5.69 Å². The fourth-order valence-electron chi connectivity index (χ4n) is 2.94. The second-order valence-corrected chi connectivity index (χ2v) is 9.87. The third-order valence-electron chi connectivity index (χ3n) is 4.30. The Labute approximate surface area is 184 Å². The smallest absolute Gasteiger partial charge is 0.266 e. The fraction of sp³-hybridized carbons (Fsp3) is 0.250. The minimum atomic E-state index is -4.15. The maximum Gasteiger partial charge on any atom is 0.266 e. The van der Waals surface area contributed by atoms with Crippen LogP contribution in [0.3, 0.4) is 0 Å². The van der Waals surface area contributed by atoms with Gasteiger partial charge in [0.2, 0.25) is 0 Å². The van der Waals surface area contributed by atoms with Gasteiger partial charge in [-0.2, -0.15) is 0 Å². The summed E-state index contributed by atoms with van der Waals surface area (Å²) in [7, 11) is -0.157. The fourth-order valence-corrected chi connectivity index (χ4v) is 4.87. The topological polar surface area (TPSA) is 74.3 Å². The third-order valence-corrected chi connectivity index (χ3v) is 6.57. The molecule has 30 heavy (non-hydrogen) atoms. The first-order valence-electron chi connectivity index (χ1n) is 9.06. The van der Waals surface area contributed by atoms with Crippen LogP contribution >= 0.6 is 22.9 Å². The van der Waals surface area contributed by atoms with E-state index in [1.807, 2.05) is 39.2 Å². The molecule has 0 saturated carbocycles. The van der Waals surface area contributed by atoms with Crippen molar-refractivity contribution in [3.63, 3.8) is 0 Å². The Balaban J connectivity index is 1.82. The normalized spacial score (nSPS) is 12.7. The number of benzene rings is 2. The molecule has 0 spiro atoms. The molecule has 1 aromatic heterocycles. The minimum absolute atomic E-state index is 0.103. The average molecular weight is 469 g/mol. The zero-order chi connectivity index (χ0) is 21.9. The molecule has 0 amide bonds. The number of anilines is 2. The molecule has 0 radical (unpaired) electrons. The quantitative estimate of drug-likeness (QED) is 0.488. The predicted molar refractivity (Wildman–Crippen MR) is 120 cm³/mol. The van der Waals surface area contributed by atoms with Gasteiger partial charge in [0, 0.05) is 18.0 Å². The molecule has 10 heteroatoms. The Hall–Kier alpha value is -2.20. The number of aromatic nitrogens is 1. The summed E-state index contributed by atoms with van der Waals surface area (Å²) in [5, 5.41) is 4.78. The number of halogens is 2. The van der Waals surface area contributed by atoms with E-state index in [-0.39, 0.29) is 16.9 Å². The van der Waals surface area contributed by atoms with Gasteiger partial charge in [0.1, 0.15) is 10.7 Å². The SMILES string of the molecule is C[C@@H](Nc1cc(F)c(S(=O)(=O)Nc2cscn2)cc1Cl)c1cccc(CN(C)C)c1. The molecule has 3 rings (SSSR count). The second-order valence-electron chi connectivity index (χ2n) is 7.09. The molecule has 2 aromatic carbocycles. The summed E-state index contributed by atoms with van der Waals surface area (Å²) in [4.78, 5) is 5.39. The van der Waals surface area contributed by atoms with Crippen LogP contribution in [0.1, 0.15) is 24.1 Å². The largest absolute Gasteiger partial charge is 0.377 e. The van der Waals surface area contributed by atoms with E-state index < -0.39 is 20.7 Å². The average Bonchev–Trinajstić information content (AvgIpc) is 3.16. The highest BCUT2D eigenvalue weighted by Gasteiger charge is 2.23. The zero-order valence-electron chi connectivity index (χ0n) is 16.7. The molecule has 6 nitrogen and oxygen atoms in total. The van der Waals surface area contributed by atoms with Gasteiger partial charge in [-0.15, -0.1) is 11.3 Å². The lowest BCUT2D eigenvalue weighted by Gasteiger charge is -2.19. The molecule has 0 fully saturated rings. The molecule has 1 heterocycles. The second kappa shape index (κ2) is 9.30. The van der Waals surface area contributed by atoms with Crippen LogP contribution in [0.5, 0.6) is 0 Å². The van der Waals surface area contributed by atoms with Crippen LogP contribution in [0.4, 0.5) is 15.9 Å². The van der Waals surface area contributed by atoms with Gasteiger partial charge in [-0.1, -0.05) is 35.9 Å². The van der Waals surface area contributed by atoms with Crippen LogP contribution in [0, 0.1) is 5.82 Å². The first-order chi connectivity index (χ1) is 14.2. The Kier molecular flexibility index (Phi) is 6.97. The van der Waals surface area contributed by atoms with E-state index in [4.69, 9.17) is 11.6 Å². The molecule has 1 atom stereocenters. The highest BCUT2D eigenvalue weighted by molar-refractivity contribution is 7.92. The number of nitrogens with zero attached hydrogens (tertiary/aromatic N) is 2. The summed E-state index contributed by atoms with van der Waals surface area (Å²) in [6.07, 6.45) is 0. The molecule has 0 bridgehead atoms. The van der Waals surface area contributed by atoms with Gasteiger partial charge in [0.15, 0.2) is 5.82 Å². The number of hydrogen-bond acceptors (Lipinski definition) is 6. The van der Waals surface area contributed by atoms with E-state index in [2.05, 4.69) is 26.0 Å². The van der Waals surface area contributed by atoms with Gasteiger partial charge >= 0.3 is 0 Å². The molecule has 0 aliphatic carbocycles. The van der Waals surface area contributed by atoms with Crippen LogP contribution in [0.15, 0.2) is 52.2 Å². The molecule has 0 saturated heterocycles. The van der Waals surface area contributed by atoms with Crippen LogP contribution in [0.25, 0.3) is 0 Å². The molecule has 160 valence electrons. The highest BCUT2D eigenvalue weighted by atomic mass is 35.5. The molecule has 0 aliphatic heterocycles. The van der Waals surface area contributed by atoms with Crippen LogP contribution < -0.4 is 10.0 Å². The summed E-state index contributed by atoms with van der Waals surface area (Å²) >= 11 is 7.50. The van der Waals surface area contributed by atoms with Crippen molar-refractivity contribution in [2.75, 3.05) is 24.1 Å². The van der Waals surface area contributed by atoms with Gasteiger partial charge < -0.3 is 10.2 Å². The van der Waals surface area contributed by atoms with Crippen molar-refractivity contribution in [3.8, 4) is 0 Å². The molecule has 2 N–H and O–H groups in total. The summed E-state index contributed by atoms with van der Waals surface area (Å²) < 4.78 is 41.9. The van der Waals surface area contributed by atoms with Crippen molar-refractivity contribution < 1.29 is 12.8 Å². The first-order valence-corrected chi connectivity index (χ1v) is 11.9. The van der Waals surface area contributed by atoms with Crippen molar-refractivity contribution in [3.05, 3.63) is 69.3 Å². The van der Waals surface area contributed by atoms with Crippen molar-refractivity contribution in [2.24, 2.45) is 0 Å². The van der Waals surface area contributed by atoms with Gasteiger partial charge in [-0.05, 0) is 44.3 Å². The van der Waals surface area contributed by atoms with Crippen LogP contribution in [-0.2, 0) is 16.6 Å². The summed E-state index contributed by atoms with van der Waals surface area (Å²) in [5.74, 6) is -0.776. The molecular formula is C20H22ClFN4O2S2. The van der Waals surface area contributed by atoms with Crippen molar-refractivity contribution in [2.45, 2.75) is 24.4 Å². The Morgan fingerprint density at radius 1 is 1.27 bits per heavy atom. The van der Waals surface area contributed by atoms with Gasteiger partial charge in [0.25, 0.3) is 10.0 Å². The molecule has 0 unspecified atom stereocenters. The maximum absolute atomic E-state index is 14.7. The summed E-state index contributed by atoms with van der Waals surface area (Å²) in [5.41, 5.74) is 3.95. The van der Waals surface area contributed by atoms with E-state index in [1.54, 1.807) is 0 Å². The van der Waals surface area contributed by atoms with Crippen molar-refractivity contribution >= 4 is 44.5 Å². The summed E-state index contributed by atoms with van der Waals surface area (Å²) in [6.45, 7) is 2.73. The van der Waals surface area contributed by atoms with Gasteiger partial charge in [-0.25, -0.2) is 17.8 Å². The maximum atomic E-state index is 14.7. The Morgan fingerprint density at radius 2 is 2.03 bits per heavy atom. The third kappa shape index (κ3) is 5.48. The predicted octanol–water partition coefficient (Wildman–Crippen LogP) is 4.97. The van der Waals surface area contributed by atoms with E-state index >= 15 is 0 Å². The molecule has 0 aliphatic rings. The Morgan fingerprint density at radius 3 is 2.70 bits per heavy atom. The number of hydrogen-bond donors (Lipinski definition) is 2. The van der Waals surface area contributed by atoms with E-state index in [9.17, 15) is 12.8 Å². The number of rotatable bonds is 8. The standard InChI is InChI=1S/C20H22ClFN4O2S2/c1-13(15-6-4-5-14(7-15)10-26(2)3)24-18-9-17(22)19(8-16(18)21)30(27,28)25-20-11-29-12-23-20/h4-9,11-13,24-25H,10H2,1-3H3/t13-/m1/s1. The van der Waals surface area contributed by atoms with E-state index in [0.717, 1.165) is 29.8 Å². The lowest BCUT2D eigenvalue weighted by Crippen LogP contribution is -2.16. The molecule has 3 aromatic rings. The lowest BCUT2D eigenvalue weighted by molar-refractivity contribution is 0.402. The van der Waals surface area contributed by atoms with Crippen molar-refractivity contribution in [1.82, 2.24) is 9.88 Å². The molecular weight excluding hydrogens is 447 g/mol. The first kappa shape index (κ1) is 22.5. The van der Waals surface area contributed by atoms with Crippen molar-refractivity contribution in [1.29, 1.82) is 0 Å². The van der Waals surface area contributed by atoms with E-state index in [1.165, 1.54) is 22.2 Å². The lowest BCUT2D eigenvalue weighted by atomic mass is 10.0. The number of nitrogens with one attached hydrogen (secondary N) is 2. The monoisotopic (exact) mass is 468 g/mol. The zero-order valence-corrected chi connectivity index (χ0v) is 19.1. The van der Waals surface area contributed by atoms with Crippen LogP contribution in [-0.4, -0.2) is 32.4 Å². The van der Waals surface area contributed by atoms with Gasteiger partial charge in [-0.3, -0.25) is 4.72 Å². The highest BCUT2D eigenvalue weighted by Crippen LogP contribution is 2.31. The summed E-state index contributed by atoms with van der Waals surface area (Å²) in [6, 6.07) is 10.1. The number of sulfonamides is 1.